The Bertz CT molecular complexity index is 27.0. The van der Waals surface area contributed by atoms with Gasteiger partial charge < -0.3 is 0 Å². The second kappa shape index (κ2) is 2.34. The molecule has 0 aromatic rings. The average molecular weight is 57.1 g/mol. The second-order valence-electron chi connectivity index (χ2n) is 0.288. The van der Waals surface area contributed by atoms with Crippen LogP contribution in [0.3, 0.4) is 0 Å². The lowest BCUT2D eigenvalue weighted by Gasteiger charge is -1.41. The predicted molar refractivity (Wildman–Crippen MR) is 15.6 cm³/mol. The van der Waals surface area contributed by atoms with Crippen LogP contribution in [0.1, 0.15) is 0 Å². The van der Waals surface area contributed by atoms with E-state index in [1.165, 1.54) is 0 Å². The molecule has 22 valence electrons. The van der Waals surface area contributed by atoms with Crippen LogP contribution >= 0.6 is 0 Å². The summed E-state index contributed by atoms with van der Waals surface area (Å²) in [4.78, 5) is 11.8. The molecule has 0 aromatic heterocycles. The molecule has 0 fully saturated rings. The van der Waals surface area contributed by atoms with Gasteiger partial charge in [0.15, 0.2) is 0 Å². The van der Waals surface area contributed by atoms with Gasteiger partial charge in [-0.15, -0.1) is 0 Å². The molecule has 0 unspecified atom stereocenters. The predicted octanol–water partition coefficient (Wildman–Crippen LogP) is -0.157. The smallest absolute Gasteiger partial charge is 0.232 e. The monoisotopic (exact) mass is 57.0 g/mol. The Labute approximate surface area is 24.2 Å². The van der Waals surface area contributed by atoms with Crippen molar-refractivity contribution in [3.05, 3.63) is 0 Å². The van der Waals surface area contributed by atoms with E-state index in [1.807, 2.05) is 0 Å². The zero-order valence-electron chi connectivity index (χ0n) is 2.14. The molecule has 0 N–H and O–H groups in total. The van der Waals surface area contributed by atoms with Crippen molar-refractivity contribution in [2.24, 2.45) is 4.99 Å². The second-order valence-corrected chi connectivity index (χ2v) is 0.288. The fraction of sp³-hybridized carbons (Fsp3) is 0. The highest BCUT2D eigenvalue weighted by atomic mass is 16.1. The number of rotatable bonds is 1. The van der Waals surface area contributed by atoms with Crippen molar-refractivity contribution in [3.8, 4) is 0 Å². The number of aliphatic imine (C=N–C) groups is 1. The number of nitrogens with zero attached hydrogens (tertiary/aromatic N) is 1. The topological polar surface area (TPSA) is 29.4 Å². The van der Waals surface area contributed by atoms with E-state index in [0.717, 1.165) is 0 Å². The summed E-state index contributed by atoms with van der Waals surface area (Å²) in [7, 11) is 0. The molecule has 0 spiro atoms. The number of carbonyl (C=O) groups is 1. The Morgan fingerprint density at radius 1 is 2.00 bits per heavy atom. The van der Waals surface area contributed by atoms with E-state index < -0.39 is 0 Å². The Balaban J connectivity index is 2.73. The molecule has 4 heavy (non-hydrogen) atoms. The number of hydrogen-bond donors (Lipinski definition) is 0. The first-order valence-corrected chi connectivity index (χ1v) is 0.810. The maximum Gasteiger partial charge on any atom is 0.232 e. The van der Waals surface area contributed by atoms with E-state index in [-0.39, 0.29) is 0 Å². The van der Waals surface area contributed by atoms with Crippen molar-refractivity contribution >= 4 is 13.1 Å². The largest absolute Gasteiger partial charge is 0.276 e. The van der Waals surface area contributed by atoms with Gasteiger partial charge in [-0.2, -0.15) is 0 Å². The van der Waals surface area contributed by atoms with Gasteiger partial charge in [0.25, 0.3) is 0 Å². The highest BCUT2D eigenvalue weighted by Gasteiger charge is 1.36. The minimum absolute atomic E-state index is 0.389. The molecule has 0 atom stereocenters. The quantitative estimate of drug-likeness (QED) is 0.304. The summed E-state index contributed by atoms with van der Waals surface area (Å²) in [5.74, 6) is 0. The number of carbonyl (C=O) groups excluding carboxylic acids is 1. The first-order chi connectivity index (χ1) is 1.91. The summed E-state index contributed by atoms with van der Waals surface area (Å²) in [5.41, 5.74) is 0. The first kappa shape index (κ1) is 3.34. The molecule has 0 bridgehead atoms. The minimum Gasteiger partial charge on any atom is -0.276 e. The molecule has 0 aliphatic rings. The fourth-order valence-electron chi connectivity index (χ4n) is 0. The van der Waals surface area contributed by atoms with Gasteiger partial charge in [0.1, 0.15) is 0 Å². The van der Waals surface area contributed by atoms with Crippen LogP contribution in [0, 0.1) is 0 Å². The van der Waals surface area contributed by atoms with Crippen LogP contribution < -0.4 is 0 Å². The number of amides is 1. The van der Waals surface area contributed by atoms with Crippen LogP contribution in [0.4, 0.5) is 0 Å². The van der Waals surface area contributed by atoms with Crippen molar-refractivity contribution in [1.82, 2.24) is 0 Å². The molecule has 0 radical (unpaired) electrons. The van der Waals surface area contributed by atoms with Gasteiger partial charge in [-0.1, -0.05) is 0 Å². The van der Waals surface area contributed by atoms with Crippen LogP contribution in [0.2, 0.25) is 0 Å². The van der Waals surface area contributed by atoms with Crippen LogP contribution in [-0.2, 0) is 4.79 Å². The van der Waals surface area contributed by atoms with Gasteiger partial charge in [-0.25, -0.2) is 4.99 Å². The lowest BCUT2D eigenvalue weighted by atomic mass is 11.4. The lowest BCUT2D eigenvalue weighted by Crippen LogP contribution is -1.47. The van der Waals surface area contributed by atoms with Gasteiger partial charge >= 0.3 is 0 Å². The summed E-state index contributed by atoms with van der Waals surface area (Å²) in [6.45, 7) is 2.86. The van der Waals surface area contributed by atoms with Crippen LogP contribution in [0.5, 0.6) is 0 Å². The van der Waals surface area contributed by atoms with Crippen LogP contribution in [0.25, 0.3) is 0 Å². The summed E-state index contributed by atoms with van der Waals surface area (Å²) in [6.07, 6.45) is 0.389. The minimum atomic E-state index is 0.389. The molecule has 0 saturated heterocycles. The first-order valence-electron chi connectivity index (χ1n) is 0.810. The highest BCUT2D eigenvalue weighted by Crippen LogP contribution is 1.31. The van der Waals surface area contributed by atoms with E-state index in [0.29, 0.717) is 6.41 Å². The van der Waals surface area contributed by atoms with Crippen LogP contribution in [0.15, 0.2) is 4.99 Å². The van der Waals surface area contributed by atoms with E-state index in [9.17, 15) is 0 Å². The van der Waals surface area contributed by atoms with Crippen LogP contribution in [-0.4, -0.2) is 13.1 Å². The van der Waals surface area contributed by atoms with Crippen molar-refractivity contribution in [1.29, 1.82) is 0 Å². The zero-order chi connectivity index (χ0) is 3.41. The fourth-order valence-corrected chi connectivity index (χ4v) is 0. The standard InChI is InChI=1S/C2H3NO/c1-3-2-4/h2H,1H2. The molecule has 0 rings (SSSR count). The van der Waals surface area contributed by atoms with Gasteiger partial charge in [-0.05, 0) is 6.72 Å². The summed E-state index contributed by atoms with van der Waals surface area (Å²) in [6, 6.07) is 0. The summed E-state index contributed by atoms with van der Waals surface area (Å²) < 4.78 is 0. The molecule has 0 heterocycles. The van der Waals surface area contributed by atoms with Crippen molar-refractivity contribution in [2.75, 3.05) is 0 Å². The van der Waals surface area contributed by atoms with E-state index >= 15 is 0 Å². The number of hydrogen-bond acceptors (Lipinski definition) is 1. The molecule has 0 saturated carbocycles. The Morgan fingerprint density at radius 3 is 2.25 bits per heavy atom. The average Bonchev–Trinajstić information content (AvgIpc) is 1.37. The third-order valence-corrected chi connectivity index (χ3v) is 0.0745. The van der Waals surface area contributed by atoms with Gasteiger partial charge in [-0.3, -0.25) is 4.79 Å². The molecule has 0 aliphatic carbocycles. The Hall–Kier alpha value is -0.660. The normalized spacial score (nSPS) is 5.00. The van der Waals surface area contributed by atoms with E-state index in [1.54, 1.807) is 0 Å². The molecular formula is C2H3NO. The van der Waals surface area contributed by atoms with Crippen molar-refractivity contribution in [2.45, 2.75) is 0 Å². The molecule has 1 amide bonds. The third kappa shape index (κ3) is 1.34. The lowest BCUT2D eigenvalue weighted by molar-refractivity contribution is -0.106. The SMILES string of the molecule is C=NC=O. The van der Waals surface area contributed by atoms with Gasteiger partial charge in [0, 0.05) is 0 Å². The Morgan fingerprint density at radius 2 is 2.25 bits per heavy atom. The highest BCUT2D eigenvalue weighted by molar-refractivity contribution is 5.55. The molecule has 0 aromatic carbocycles. The third-order valence-electron chi connectivity index (χ3n) is 0.0745. The van der Waals surface area contributed by atoms with E-state index in [4.69, 9.17) is 4.79 Å². The summed E-state index contributed by atoms with van der Waals surface area (Å²) >= 11 is 0. The summed E-state index contributed by atoms with van der Waals surface area (Å²) in [5, 5.41) is 0. The molecule has 2 heteroatoms. The molecule has 0 aliphatic heterocycles. The maximum absolute atomic E-state index is 8.94. The van der Waals surface area contributed by atoms with Crippen molar-refractivity contribution in [3.63, 3.8) is 0 Å². The van der Waals surface area contributed by atoms with Crippen molar-refractivity contribution < 1.29 is 4.79 Å². The maximum atomic E-state index is 8.94. The molecular weight excluding hydrogens is 54.0 g/mol. The zero-order valence-corrected chi connectivity index (χ0v) is 2.14. The van der Waals surface area contributed by atoms with Gasteiger partial charge in [0.05, 0.1) is 0 Å². The van der Waals surface area contributed by atoms with Gasteiger partial charge in [0.2, 0.25) is 6.41 Å². The van der Waals surface area contributed by atoms with E-state index in [2.05, 4.69) is 11.7 Å². The Kier molecular flexibility index (Phi) is 1.95. The molecule has 2 nitrogen and oxygen atoms in total.